The second-order valence-electron chi connectivity index (χ2n) is 5.85. The minimum atomic E-state index is -3.46. The van der Waals surface area contributed by atoms with E-state index in [-0.39, 0.29) is 16.8 Å². The van der Waals surface area contributed by atoms with Crippen LogP contribution in [0.15, 0.2) is 47.4 Å². The second kappa shape index (κ2) is 8.46. The molecule has 1 unspecified atom stereocenters. The Morgan fingerprint density at radius 1 is 1.15 bits per heavy atom. The lowest BCUT2D eigenvalue weighted by Gasteiger charge is -2.15. The number of thioether (sulfide) groups is 1. The maximum absolute atomic E-state index is 12.4. The van der Waals surface area contributed by atoms with Gasteiger partial charge in [-0.3, -0.25) is 9.52 Å². The van der Waals surface area contributed by atoms with Crippen LogP contribution in [0.2, 0.25) is 0 Å². The molecule has 26 heavy (non-hydrogen) atoms. The third-order valence-electron chi connectivity index (χ3n) is 3.47. The maximum Gasteiger partial charge on any atom is 0.237 e. The molecule has 2 aromatic rings. The van der Waals surface area contributed by atoms with Crippen molar-refractivity contribution < 1.29 is 17.9 Å². The number of benzene rings is 2. The van der Waals surface area contributed by atoms with Crippen molar-refractivity contribution in [2.45, 2.75) is 24.0 Å². The monoisotopic (exact) mass is 394 g/mol. The average Bonchev–Trinajstić information content (AvgIpc) is 2.55. The summed E-state index contributed by atoms with van der Waals surface area (Å²) >= 11 is 1.45. The molecule has 2 aromatic carbocycles. The highest BCUT2D eigenvalue weighted by molar-refractivity contribution is 8.00. The van der Waals surface area contributed by atoms with Crippen molar-refractivity contribution in [2.75, 3.05) is 23.4 Å². The molecule has 0 aliphatic heterocycles. The van der Waals surface area contributed by atoms with Gasteiger partial charge in [0.15, 0.2) is 0 Å². The summed E-state index contributed by atoms with van der Waals surface area (Å²) in [6.45, 7) is 3.83. The third kappa shape index (κ3) is 5.96. The Balaban J connectivity index is 2.10. The van der Waals surface area contributed by atoms with Gasteiger partial charge in [0.2, 0.25) is 15.9 Å². The first kappa shape index (κ1) is 20.1. The van der Waals surface area contributed by atoms with Gasteiger partial charge in [-0.15, -0.1) is 11.8 Å². The van der Waals surface area contributed by atoms with Gasteiger partial charge < -0.3 is 10.1 Å². The molecule has 6 nitrogen and oxygen atoms in total. The van der Waals surface area contributed by atoms with E-state index in [0.29, 0.717) is 11.4 Å². The Kier molecular flexibility index (Phi) is 6.55. The lowest BCUT2D eigenvalue weighted by molar-refractivity contribution is -0.115. The van der Waals surface area contributed by atoms with Crippen molar-refractivity contribution in [1.82, 2.24) is 0 Å². The van der Waals surface area contributed by atoms with E-state index in [9.17, 15) is 13.2 Å². The quantitative estimate of drug-likeness (QED) is 0.702. The highest BCUT2D eigenvalue weighted by Crippen LogP contribution is 2.29. The number of carbonyl (C=O) groups is 1. The summed E-state index contributed by atoms with van der Waals surface area (Å²) in [6, 6.07) is 12.7. The van der Waals surface area contributed by atoms with E-state index in [2.05, 4.69) is 10.0 Å². The molecule has 0 bridgehead atoms. The van der Waals surface area contributed by atoms with Crippen molar-refractivity contribution in [2.24, 2.45) is 0 Å². The van der Waals surface area contributed by atoms with Crippen molar-refractivity contribution in [3.63, 3.8) is 0 Å². The van der Waals surface area contributed by atoms with Gasteiger partial charge in [0, 0.05) is 10.6 Å². The van der Waals surface area contributed by atoms with Crippen LogP contribution in [0, 0.1) is 6.92 Å². The number of sulfonamides is 1. The SMILES string of the molecule is COc1ccc(NC(=O)C(C)Sc2ccc(C)cc2)cc1NS(C)(=O)=O. The Bertz CT molecular complexity index is 881. The lowest BCUT2D eigenvalue weighted by Crippen LogP contribution is -2.22. The predicted octanol–water partition coefficient (Wildman–Crippen LogP) is 3.49. The molecule has 0 saturated carbocycles. The van der Waals surface area contributed by atoms with Crippen LogP contribution in [0.3, 0.4) is 0 Å². The number of nitrogens with one attached hydrogen (secondary N) is 2. The van der Waals surface area contributed by atoms with Crippen LogP contribution in [-0.4, -0.2) is 32.9 Å². The second-order valence-corrected chi connectivity index (χ2v) is 9.01. The van der Waals surface area contributed by atoms with Crippen LogP contribution >= 0.6 is 11.8 Å². The molecule has 8 heteroatoms. The molecule has 0 fully saturated rings. The highest BCUT2D eigenvalue weighted by Gasteiger charge is 2.16. The Morgan fingerprint density at radius 2 is 1.81 bits per heavy atom. The summed E-state index contributed by atoms with van der Waals surface area (Å²) < 4.78 is 30.5. The van der Waals surface area contributed by atoms with Crippen LogP contribution in [-0.2, 0) is 14.8 Å². The molecule has 1 atom stereocenters. The maximum atomic E-state index is 12.4. The normalized spacial score (nSPS) is 12.3. The van der Waals surface area contributed by atoms with Crippen LogP contribution in [0.25, 0.3) is 0 Å². The summed E-state index contributed by atoms with van der Waals surface area (Å²) in [4.78, 5) is 13.4. The molecule has 2 N–H and O–H groups in total. The number of ether oxygens (including phenoxy) is 1. The summed E-state index contributed by atoms with van der Waals surface area (Å²) in [5, 5.41) is 2.49. The van der Waals surface area contributed by atoms with E-state index < -0.39 is 10.0 Å². The van der Waals surface area contributed by atoms with Gasteiger partial charge in [0.25, 0.3) is 0 Å². The van der Waals surface area contributed by atoms with Crippen molar-refractivity contribution >= 4 is 39.1 Å². The highest BCUT2D eigenvalue weighted by atomic mass is 32.2. The van der Waals surface area contributed by atoms with E-state index in [1.807, 2.05) is 38.1 Å². The van der Waals surface area contributed by atoms with Gasteiger partial charge in [0.05, 0.1) is 24.3 Å². The number of methoxy groups -OCH3 is 1. The van der Waals surface area contributed by atoms with Gasteiger partial charge in [-0.25, -0.2) is 8.42 Å². The molecule has 1 amide bonds. The fourth-order valence-corrected chi connectivity index (χ4v) is 3.61. The largest absolute Gasteiger partial charge is 0.495 e. The summed E-state index contributed by atoms with van der Waals surface area (Å²) in [6.07, 6.45) is 1.05. The fraction of sp³-hybridized carbons (Fsp3) is 0.278. The first-order valence-electron chi connectivity index (χ1n) is 7.88. The van der Waals surface area contributed by atoms with Crippen LogP contribution < -0.4 is 14.8 Å². The van der Waals surface area contributed by atoms with E-state index in [1.54, 1.807) is 12.1 Å². The lowest BCUT2D eigenvalue weighted by atomic mass is 10.2. The summed E-state index contributed by atoms with van der Waals surface area (Å²) in [5.74, 6) is 0.196. The Morgan fingerprint density at radius 3 is 2.38 bits per heavy atom. The van der Waals surface area contributed by atoms with Crippen molar-refractivity contribution in [3.05, 3.63) is 48.0 Å². The smallest absolute Gasteiger partial charge is 0.237 e. The molecular formula is C18H22N2O4S2. The first-order chi connectivity index (χ1) is 12.2. The van der Waals surface area contributed by atoms with Gasteiger partial charge in [-0.2, -0.15) is 0 Å². The zero-order valence-corrected chi connectivity index (χ0v) is 16.7. The third-order valence-corrected chi connectivity index (χ3v) is 5.17. The van der Waals surface area contributed by atoms with Gasteiger partial charge in [-0.05, 0) is 44.2 Å². The number of anilines is 2. The predicted molar refractivity (Wildman–Crippen MR) is 107 cm³/mol. The fourth-order valence-electron chi connectivity index (χ4n) is 2.18. The molecule has 0 aliphatic rings. The molecule has 0 heterocycles. The van der Waals surface area contributed by atoms with Gasteiger partial charge in [-0.1, -0.05) is 17.7 Å². The Hall–Kier alpha value is -2.19. The number of aryl methyl sites for hydroxylation is 1. The first-order valence-corrected chi connectivity index (χ1v) is 10.6. The molecule has 0 aromatic heterocycles. The zero-order chi connectivity index (χ0) is 19.3. The number of hydrogen-bond donors (Lipinski definition) is 2. The molecule has 0 spiro atoms. The minimum Gasteiger partial charge on any atom is -0.495 e. The van der Waals surface area contributed by atoms with Gasteiger partial charge in [0.1, 0.15) is 5.75 Å². The van der Waals surface area contributed by atoms with E-state index in [0.717, 1.165) is 16.7 Å². The standard InChI is InChI=1S/C18H22N2O4S2/c1-12-5-8-15(9-6-12)25-13(2)18(21)19-14-7-10-17(24-3)16(11-14)20-26(4,22)23/h5-11,13,20H,1-4H3,(H,19,21). The van der Waals surface area contributed by atoms with E-state index in [4.69, 9.17) is 4.74 Å². The van der Waals surface area contributed by atoms with Crippen LogP contribution in [0.1, 0.15) is 12.5 Å². The van der Waals surface area contributed by atoms with E-state index in [1.165, 1.54) is 24.9 Å². The molecule has 140 valence electrons. The van der Waals surface area contributed by atoms with Gasteiger partial charge >= 0.3 is 0 Å². The molecule has 0 saturated heterocycles. The Labute approximate surface area is 158 Å². The van der Waals surface area contributed by atoms with Crippen molar-refractivity contribution in [1.29, 1.82) is 0 Å². The number of rotatable bonds is 7. The molecule has 2 rings (SSSR count). The summed E-state index contributed by atoms with van der Waals surface area (Å²) in [5.41, 5.74) is 1.92. The van der Waals surface area contributed by atoms with Crippen LogP contribution in [0.4, 0.5) is 11.4 Å². The van der Waals surface area contributed by atoms with Crippen LogP contribution in [0.5, 0.6) is 5.75 Å². The van der Waals surface area contributed by atoms with Crippen molar-refractivity contribution in [3.8, 4) is 5.75 Å². The number of hydrogen-bond acceptors (Lipinski definition) is 5. The topological polar surface area (TPSA) is 84.5 Å². The number of amides is 1. The minimum absolute atomic E-state index is 0.175. The zero-order valence-electron chi connectivity index (χ0n) is 15.1. The number of carbonyl (C=O) groups excluding carboxylic acids is 1. The average molecular weight is 395 g/mol. The molecule has 0 radical (unpaired) electrons. The molecule has 0 aliphatic carbocycles. The summed E-state index contributed by atoms with van der Waals surface area (Å²) in [7, 11) is -2.02. The van der Waals surface area contributed by atoms with E-state index >= 15 is 0 Å². The molecular weight excluding hydrogens is 372 g/mol.